The van der Waals surface area contributed by atoms with E-state index in [1.54, 1.807) is 0 Å². The maximum atomic E-state index is 3.54. The molecule has 88 valence electrons. The minimum absolute atomic E-state index is 0.565. The molecule has 1 aliphatic rings. The van der Waals surface area contributed by atoms with Crippen molar-refractivity contribution in [2.75, 3.05) is 13.1 Å². The van der Waals surface area contributed by atoms with Crippen LogP contribution in [0.1, 0.15) is 36.5 Å². The summed E-state index contributed by atoms with van der Waals surface area (Å²) in [6, 6.07) is 7.24. The Morgan fingerprint density at radius 3 is 3.00 bits per heavy atom. The molecule has 0 spiro atoms. The third-order valence-corrected chi connectivity index (χ3v) is 3.35. The minimum atomic E-state index is 0.565. The Kier molecular flexibility index (Phi) is 3.62. The molecule has 1 aromatic carbocycles. The zero-order chi connectivity index (χ0) is 11.5. The van der Waals surface area contributed by atoms with Gasteiger partial charge in [0.2, 0.25) is 0 Å². The van der Waals surface area contributed by atoms with Gasteiger partial charge in [-0.15, -0.1) is 0 Å². The van der Waals surface area contributed by atoms with Crippen molar-refractivity contribution in [3.8, 4) is 0 Å². The average Bonchev–Trinajstić information content (AvgIpc) is 2.27. The number of benzene rings is 1. The van der Waals surface area contributed by atoms with Crippen LogP contribution in [0, 0.1) is 6.92 Å². The molecule has 1 aliphatic heterocycles. The average molecular weight is 218 g/mol. The van der Waals surface area contributed by atoms with E-state index in [1.807, 2.05) is 0 Å². The van der Waals surface area contributed by atoms with Crippen LogP contribution in [0.25, 0.3) is 0 Å². The van der Waals surface area contributed by atoms with Crippen LogP contribution in [-0.4, -0.2) is 19.1 Å². The van der Waals surface area contributed by atoms with Crippen LogP contribution in [0.5, 0.6) is 0 Å². The normalized spacial score (nSPS) is 19.9. The lowest BCUT2D eigenvalue weighted by atomic mass is 9.88. The van der Waals surface area contributed by atoms with Crippen molar-refractivity contribution in [2.45, 2.75) is 39.3 Å². The van der Waals surface area contributed by atoms with Gasteiger partial charge in [-0.3, -0.25) is 0 Å². The van der Waals surface area contributed by atoms with Gasteiger partial charge in [-0.1, -0.05) is 32.0 Å². The van der Waals surface area contributed by atoms with Crippen LogP contribution in [-0.2, 0) is 6.54 Å². The fourth-order valence-corrected chi connectivity index (χ4v) is 2.39. The first-order valence-corrected chi connectivity index (χ1v) is 6.21. The Morgan fingerprint density at radius 2 is 2.25 bits per heavy atom. The van der Waals surface area contributed by atoms with E-state index in [2.05, 4.69) is 49.6 Å². The summed E-state index contributed by atoms with van der Waals surface area (Å²) in [5, 5.41) is 7.05. The lowest BCUT2D eigenvalue weighted by molar-refractivity contribution is 0.477. The van der Waals surface area contributed by atoms with Gasteiger partial charge in [0.1, 0.15) is 0 Å². The second-order valence-corrected chi connectivity index (χ2v) is 5.03. The molecule has 0 aliphatic carbocycles. The van der Waals surface area contributed by atoms with Gasteiger partial charge in [0.05, 0.1) is 0 Å². The molecule has 2 nitrogen and oxygen atoms in total. The topological polar surface area (TPSA) is 24.1 Å². The summed E-state index contributed by atoms with van der Waals surface area (Å²) in [5.41, 5.74) is 4.45. The van der Waals surface area contributed by atoms with Gasteiger partial charge in [-0.2, -0.15) is 0 Å². The smallest absolute Gasteiger partial charge is 0.0211 e. The molecule has 0 amide bonds. The Labute approximate surface area is 98.4 Å². The molecular formula is C14H22N2. The highest BCUT2D eigenvalue weighted by atomic mass is 14.9. The molecule has 0 fully saturated rings. The molecule has 0 radical (unpaired) electrons. The molecule has 2 N–H and O–H groups in total. The van der Waals surface area contributed by atoms with Crippen molar-refractivity contribution in [3.63, 3.8) is 0 Å². The van der Waals surface area contributed by atoms with Crippen molar-refractivity contribution in [1.82, 2.24) is 10.6 Å². The van der Waals surface area contributed by atoms with E-state index in [-0.39, 0.29) is 0 Å². The van der Waals surface area contributed by atoms with E-state index >= 15 is 0 Å². The van der Waals surface area contributed by atoms with Gasteiger partial charge in [0.15, 0.2) is 0 Å². The van der Waals surface area contributed by atoms with Crippen LogP contribution in [0.4, 0.5) is 0 Å². The fraction of sp³-hybridized carbons (Fsp3) is 0.571. The highest BCUT2D eigenvalue weighted by molar-refractivity contribution is 5.38. The van der Waals surface area contributed by atoms with Gasteiger partial charge in [-0.05, 0) is 23.6 Å². The molecule has 0 bridgehead atoms. The molecule has 1 atom stereocenters. The second-order valence-electron chi connectivity index (χ2n) is 5.03. The van der Waals surface area contributed by atoms with Crippen LogP contribution >= 0.6 is 0 Å². The second kappa shape index (κ2) is 4.98. The monoisotopic (exact) mass is 218 g/mol. The number of hydrogen-bond acceptors (Lipinski definition) is 2. The van der Waals surface area contributed by atoms with Gasteiger partial charge in [-0.25, -0.2) is 0 Å². The number of rotatable bonds is 3. The first kappa shape index (κ1) is 11.6. The molecule has 2 rings (SSSR count). The summed E-state index contributed by atoms with van der Waals surface area (Å²) in [6.07, 6.45) is 0. The summed E-state index contributed by atoms with van der Waals surface area (Å²) < 4.78 is 0. The van der Waals surface area contributed by atoms with Crippen molar-refractivity contribution in [3.05, 3.63) is 34.9 Å². The molecule has 0 aromatic heterocycles. The van der Waals surface area contributed by atoms with E-state index in [0.29, 0.717) is 12.0 Å². The highest BCUT2D eigenvalue weighted by Gasteiger charge is 2.20. The summed E-state index contributed by atoms with van der Waals surface area (Å²) >= 11 is 0. The van der Waals surface area contributed by atoms with Crippen molar-refractivity contribution in [2.24, 2.45) is 0 Å². The molecule has 2 heteroatoms. The molecule has 0 saturated heterocycles. The van der Waals surface area contributed by atoms with Crippen molar-refractivity contribution >= 4 is 0 Å². The van der Waals surface area contributed by atoms with Crippen molar-refractivity contribution in [1.29, 1.82) is 0 Å². The molecule has 16 heavy (non-hydrogen) atoms. The maximum Gasteiger partial charge on any atom is 0.0211 e. The molecule has 0 saturated carbocycles. The molecule has 1 unspecified atom stereocenters. The van der Waals surface area contributed by atoms with Gasteiger partial charge in [0, 0.05) is 31.6 Å². The van der Waals surface area contributed by atoms with Crippen LogP contribution in [0.15, 0.2) is 18.2 Å². The number of nitrogens with one attached hydrogen (secondary N) is 2. The fourth-order valence-electron chi connectivity index (χ4n) is 2.39. The quantitative estimate of drug-likeness (QED) is 0.812. The van der Waals surface area contributed by atoms with Gasteiger partial charge < -0.3 is 10.6 Å². The number of fused-ring (bicyclic) bond motifs is 1. The first-order valence-electron chi connectivity index (χ1n) is 6.21. The Morgan fingerprint density at radius 1 is 1.44 bits per heavy atom. The van der Waals surface area contributed by atoms with E-state index in [1.165, 1.54) is 16.7 Å². The lowest BCUT2D eigenvalue weighted by Crippen LogP contribution is -2.36. The lowest BCUT2D eigenvalue weighted by Gasteiger charge is -2.28. The zero-order valence-electron chi connectivity index (χ0n) is 10.5. The SMILES string of the molecule is Cc1cccc2c1CNCC2CNC(C)C. The molecule has 1 aromatic rings. The third-order valence-electron chi connectivity index (χ3n) is 3.35. The van der Waals surface area contributed by atoms with Crippen molar-refractivity contribution < 1.29 is 0 Å². The van der Waals surface area contributed by atoms with E-state index < -0.39 is 0 Å². The Hall–Kier alpha value is -0.860. The summed E-state index contributed by atoms with van der Waals surface area (Å²) in [5.74, 6) is 0.617. The Bertz CT molecular complexity index is 358. The third kappa shape index (κ3) is 2.45. The van der Waals surface area contributed by atoms with E-state index in [0.717, 1.165) is 19.6 Å². The van der Waals surface area contributed by atoms with Gasteiger partial charge in [0.25, 0.3) is 0 Å². The van der Waals surface area contributed by atoms with Gasteiger partial charge >= 0.3 is 0 Å². The molecular weight excluding hydrogens is 196 g/mol. The first-order chi connectivity index (χ1) is 7.68. The van der Waals surface area contributed by atoms with E-state index in [4.69, 9.17) is 0 Å². The van der Waals surface area contributed by atoms with Crippen LogP contribution < -0.4 is 10.6 Å². The summed E-state index contributed by atoms with van der Waals surface area (Å²) in [7, 11) is 0. The zero-order valence-corrected chi connectivity index (χ0v) is 10.5. The largest absolute Gasteiger partial charge is 0.314 e. The molecule has 1 heterocycles. The van der Waals surface area contributed by atoms with E-state index in [9.17, 15) is 0 Å². The number of hydrogen-bond donors (Lipinski definition) is 2. The Balaban J connectivity index is 2.16. The summed E-state index contributed by atoms with van der Waals surface area (Å²) in [4.78, 5) is 0. The minimum Gasteiger partial charge on any atom is -0.314 e. The predicted molar refractivity (Wildman–Crippen MR) is 68.8 cm³/mol. The highest BCUT2D eigenvalue weighted by Crippen LogP contribution is 2.25. The predicted octanol–water partition coefficient (Wildman–Crippen LogP) is 2.18. The maximum absolute atomic E-state index is 3.54. The number of aryl methyl sites for hydroxylation is 1. The standard InChI is InChI=1S/C14H22N2/c1-10(2)16-8-12-7-15-9-14-11(3)5-4-6-13(12)14/h4-6,10,12,15-16H,7-9H2,1-3H3. The van der Waals surface area contributed by atoms with Crippen LogP contribution in [0.2, 0.25) is 0 Å². The van der Waals surface area contributed by atoms with Crippen LogP contribution in [0.3, 0.4) is 0 Å². The summed E-state index contributed by atoms with van der Waals surface area (Å²) in [6.45, 7) is 9.80.